The third-order valence-electron chi connectivity index (χ3n) is 2.46. The Bertz CT molecular complexity index is 154. The largest absolute Gasteiger partial charge is 0.483 e. The van der Waals surface area contributed by atoms with Crippen molar-refractivity contribution in [2.45, 2.75) is 32.6 Å². The Morgan fingerprint density at radius 2 is 2.36 bits per heavy atom. The van der Waals surface area contributed by atoms with E-state index in [-0.39, 0.29) is 0 Å². The zero-order chi connectivity index (χ0) is 8.27. The van der Waals surface area contributed by atoms with Gasteiger partial charge < -0.3 is 10.0 Å². The Labute approximate surface area is 68.1 Å². The Kier molecular flexibility index (Phi) is 3.15. The van der Waals surface area contributed by atoms with E-state index in [1.807, 2.05) is 6.08 Å². The lowest BCUT2D eigenvalue weighted by molar-refractivity contribution is 0.401. The minimum Gasteiger partial charge on any atom is -0.423 e. The summed E-state index contributed by atoms with van der Waals surface area (Å²) in [5.41, 5.74) is 0.801. The van der Waals surface area contributed by atoms with Crippen LogP contribution in [0.15, 0.2) is 11.5 Å². The molecule has 0 aliphatic heterocycles. The van der Waals surface area contributed by atoms with Crippen molar-refractivity contribution in [3.8, 4) is 0 Å². The molecule has 0 heterocycles. The third kappa shape index (κ3) is 2.35. The monoisotopic (exact) mass is 154 g/mol. The quantitative estimate of drug-likeness (QED) is 0.585. The summed E-state index contributed by atoms with van der Waals surface area (Å²) < 4.78 is 0. The fourth-order valence-corrected chi connectivity index (χ4v) is 1.51. The molecule has 0 amide bonds. The number of hydrogen-bond donors (Lipinski definition) is 2. The Morgan fingerprint density at radius 3 is 2.73 bits per heavy atom. The molecule has 0 bridgehead atoms. The maximum absolute atomic E-state index is 8.82. The Balaban J connectivity index is 2.44. The van der Waals surface area contributed by atoms with Gasteiger partial charge in [0, 0.05) is 0 Å². The maximum Gasteiger partial charge on any atom is 0.483 e. The summed E-state index contributed by atoms with van der Waals surface area (Å²) in [6.07, 6.45) is 6.16. The van der Waals surface area contributed by atoms with E-state index < -0.39 is 7.12 Å². The Morgan fingerprint density at radius 1 is 1.64 bits per heavy atom. The third-order valence-corrected chi connectivity index (χ3v) is 2.46. The first-order valence-corrected chi connectivity index (χ1v) is 4.29. The SMILES string of the molecule is CCC1CC=C(B(O)O)CC1. The van der Waals surface area contributed by atoms with E-state index >= 15 is 0 Å². The molecule has 2 N–H and O–H groups in total. The van der Waals surface area contributed by atoms with Crippen molar-refractivity contribution >= 4 is 7.12 Å². The highest BCUT2D eigenvalue weighted by molar-refractivity contribution is 6.50. The first kappa shape index (κ1) is 8.82. The molecule has 62 valence electrons. The van der Waals surface area contributed by atoms with Crippen LogP contribution in [0.5, 0.6) is 0 Å². The van der Waals surface area contributed by atoms with Crippen LogP contribution in [0, 0.1) is 5.92 Å². The van der Waals surface area contributed by atoms with Crippen LogP contribution in [-0.4, -0.2) is 17.2 Å². The van der Waals surface area contributed by atoms with Crippen molar-refractivity contribution in [2.75, 3.05) is 0 Å². The van der Waals surface area contributed by atoms with Crippen LogP contribution >= 0.6 is 0 Å². The zero-order valence-corrected chi connectivity index (χ0v) is 6.95. The molecule has 1 rings (SSSR count). The molecule has 0 aromatic carbocycles. The molecule has 0 fully saturated rings. The molecule has 0 saturated carbocycles. The van der Waals surface area contributed by atoms with Gasteiger partial charge in [-0.15, -0.1) is 0 Å². The van der Waals surface area contributed by atoms with Gasteiger partial charge in [0.1, 0.15) is 0 Å². The smallest absolute Gasteiger partial charge is 0.423 e. The predicted octanol–water partition coefficient (Wildman–Crippen LogP) is 1.13. The second-order valence-electron chi connectivity index (χ2n) is 3.20. The second-order valence-corrected chi connectivity index (χ2v) is 3.20. The summed E-state index contributed by atoms with van der Waals surface area (Å²) in [6.45, 7) is 2.18. The number of rotatable bonds is 2. The lowest BCUT2D eigenvalue weighted by atomic mass is 9.71. The summed E-state index contributed by atoms with van der Waals surface area (Å²) in [4.78, 5) is 0. The van der Waals surface area contributed by atoms with Gasteiger partial charge >= 0.3 is 7.12 Å². The topological polar surface area (TPSA) is 40.5 Å². The first-order chi connectivity index (χ1) is 5.24. The highest BCUT2D eigenvalue weighted by Crippen LogP contribution is 2.25. The van der Waals surface area contributed by atoms with Gasteiger partial charge in [-0.2, -0.15) is 0 Å². The van der Waals surface area contributed by atoms with Gasteiger partial charge in [-0.05, 0) is 30.7 Å². The molecular weight excluding hydrogens is 139 g/mol. The lowest BCUT2D eigenvalue weighted by Gasteiger charge is -2.19. The van der Waals surface area contributed by atoms with Gasteiger partial charge in [0.25, 0.3) is 0 Å². The van der Waals surface area contributed by atoms with Gasteiger partial charge in [0.2, 0.25) is 0 Å². The first-order valence-electron chi connectivity index (χ1n) is 4.29. The van der Waals surface area contributed by atoms with Gasteiger partial charge in [-0.3, -0.25) is 0 Å². The van der Waals surface area contributed by atoms with Crippen molar-refractivity contribution in [1.82, 2.24) is 0 Å². The van der Waals surface area contributed by atoms with Crippen LogP contribution in [-0.2, 0) is 0 Å². The molecule has 1 unspecified atom stereocenters. The lowest BCUT2D eigenvalue weighted by Crippen LogP contribution is -2.19. The van der Waals surface area contributed by atoms with Crippen LogP contribution < -0.4 is 0 Å². The minimum atomic E-state index is -1.21. The van der Waals surface area contributed by atoms with Gasteiger partial charge in [-0.25, -0.2) is 0 Å². The average molecular weight is 154 g/mol. The molecule has 1 atom stereocenters. The fourth-order valence-electron chi connectivity index (χ4n) is 1.51. The number of allylic oxidation sites excluding steroid dienone is 2. The van der Waals surface area contributed by atoms with E-state index in [1.165, 1.54) is 6.42 Å². The van der Waals surface area contributed by atoms with Crippen molar-refractivity contribution < 1.29 is 10.0 Å². The molecule has 0 spiro atoms. The van der Waals surface area contributed by atoms with Crippen LogP contribution in [0.2, 0.25) is 0 Å². The van der Waals surface area contributed by atoms with Gasteiger partial charge in [0.05, 0.1) is 0 Å². The number of hydrogen-bond acceptors (Lipinski definition) is 2. The summed E-state index contributed by atoms with van der Waals surface area (Å²) in [6, 6.07) is 0. The van der Waals surface area contributed by atoms with Crippen LogP contribution in [0.1, 0.15) is 32.6 Å². The predicted molar refractivity (Wildman–Crippen MR) is 45.9 cm³/mol. The molecule has 1 aliphatic rings. The summed E-state index contributed by atoms with van der Waals surface area (Å²) in [5, 5.41) is 17.6. The maximum atomic E-state index is 8.82. The van der Waals surface area contributed by atoms with Gasteiger partial charge in [0.15, 0.2) is 0 Å². The summed E-state index contributed by atoms with van der Waals surface area (Å²) >= 11 is 0. The molecule has 3 heteroatoms. The Hall–Kier alpha value is -0.275. The minimum absolute atomic E-state index is 0.762. The molecule has 0 radical (unpaired) electrons. The van der Waals surface area contributed by atoms with E-state index in [4.69, 9.17) is 10.0 Å². The van der Waals surface area contributed by atoms with Crippen LogP contribution in [0.25, 0.3) is 0 Å². The van der Waals surface area contributed by atoms with E-state index in [2.05, 4.69) is 6.92 Å². The molecule has 11 heavy (non-hydrogen) atoms. The summed E-state index contributed by atoms with van der Waals surface area (Å²) in [7, 11) is -1.21. The van der Waals surface area contributed by atoms with E-state index in [9.17, 15) is 0 Å². The zero-order valence-electron chi connectivity index (χ0n) is 6.95. The van der Waals surface area contributed by atoms with Crippen LogP contribution in [0.3, 0.4) is 0 Å². The molecule has 1 aliphatic carbocycles. The standard InChI is InChI=1S/C8H15BO2/c1-2-7-3-5-8(6-4-7)9(10)11/h5,7,10-11H,2-4,6H2,1H3. The average Bonchev–Trinajstić information content (AvgIpc) is 2.05. The van der Waals surface area contributed by atoms with Gasteiger partial charge in [-0.1, -0.05) is 19.4 Å². The van der Waals surface area contributed by atoms with Crippen molar-refractivity contribution in [3.63, 3.8) is 0 Å². The van der Waals surface area contributed by atoms with E-state index in [0.29, 0.717) is 0 Å². The van der Waals surface area contributed by atoms with E-state index in [1.54, 1.807) is 0 Å². The normalized spacial score (nSPS) is 24.6. The highest BCUT2D eigenvalue weighted by atomic mass is 16.4. The molecule has 0 aromatic rings. The van der Waals surface area contributed by atoms with Crippen molar-refractivity contribution in [3.05, 3.63) is 11.5 Å². The second kappa shape index (κ2) is 3.93. The fraction of sp³-hybridized carbons (Fsp3) is 0.750. The molecule has 0 aromatic heterocycles. The summed E-state index contributed by atoms with van der Waals surface area (Å²) in [5.74, 6) is 0.762. The van der Waals surface area contributed by atoms with Crippen molar-refractivity contribution in [2.24, 2.45) is 5.92 Å². The molecular formula is C8H15BO2. The van der Waals surface area contributed by atoms with E-state index in [0.717, 1.165) is 30.7 Å². The molecule has 2 nitrogen and oxygen atoms in total. The van der Waals surface area contributed by atoms with Crippen LogP contribution in [0.4, 0.5) is 0 Å². The highest BCUT2D eigenvalue weighted by Gasteiger charge is 2.19. The molecule has 0 saturated heterocycles. The van der Waals surface area contributed by atoms with Crippen molar-refractivity contribution in [1.29, 1.82) is 0 Å².